The SMILES string of the molecule is CC1OC(OC2C(OCC3OC(O)C(O)C(O)C3O)OC(C)C(OC3OC(C(=O)O)C(O)C(O)C3O)C2O)C(O)C(O)C1O. The highest BCUT2D eigenvalue weighted by Crippen LogP contribution is 2.34. The molecule has 0 aromatic heterocycles. The first-order valence-corrected chi connectivity index (χ1v) is 13.8. The summed E-state index contributed by atoms with van der Waals surface area (Å²) in [7, 11) is 0. The van der Waals surface area contributed by atoms with Crippen LogP contribution < -0.4 is 0 Å². The molecule has 20 unspecified atom stereocenters. The summed E-state index contributed by atoms with van der Waals surface area (Å²) >= 11 is 0. The topological polar surface area (TPSA) is 324 Å². The van der Waals surface area contributed by atoms with Crippen molar-refractivity contribution >= 4 is 5.97 Å². The number of carboxylic acid groups (broad SMARTS) is 1. The quantitative estimate of drug-likeness (QED) is 0.116. The molecule has 0 aliphatic carbocycles. The highest BCUT2D eigenvalue weighted by Gasteiger charge is 2.54. The standard InChI is InChI=1S/C24H40O20/c1-4-7(25)9(27)14(32)22(39-4)44-19-16(34)17(42-23-15(33)11(29)12(30)18(43-23)20(35)36)5(2)40-24(19)38-3-6-8(26)10(28)13(31)21(37)41-6/h4-19,21-34,37H,3H2,1-2H3,(H,35,36). The number of carbonyl (C=O) groups is 1. The molecule has 256 valence electrons. The van der Waals surface area contributed by atoms with Gasteiger partial charge in [0, 0.05) is 0 Å². The predicted molar refractivity (Wildman–Crippen MR) is 132 cm³/mol. The van der Waals surface area contributed by atoms with E-state index in [0.29, 0.717) is 0 Å². The van der Waals surface area contributed by atoms with Crippen molar-refractivity contribution in [3.8, 4) is 0 Å². The van der Waals surface area contributed by atoms with Crippen LogP contribution in [0.3, 0.4) is 0 Å². The summed E-state index contributed by atoms with van der Waals surface area (Å²) in [5, 5.41) is 122. The number of carboxylic acids is 1. The van der Waals surface area contributed by atoms with Gasteiger partial charge in [0.25, 0.3) is 0 Å². The van der Waals surface area contributed by atoms with Crippen LogP contribution in [0.1, 0.15) is 13.8 Å². The number of aliphatic hydroxyl groups excluding tert-OH is 11. The Morgan fingerprint density at radius 2 is 1.07 bits per heavy atom. The van der Waals surface area contributed by atoms with Gasteiger partial charge in [0.15, 0.2) is 31.3 Å². The van der Waals surface area contributed by atoms with Crippen molar-refractivity contribution in [3.05, 3.63) is 0 Å². The maximum atomic E-state index is 11.5. The Balaban J connectivity index is 1.55. The van der Waals surface area contributed by atoms with Crippen LogP contribution in [0.2, 0.25) is 0 Å². The van der Waals surface area contributed by atoms with E-state index >= 15 is 0 Å². The molecule has 20 atom stereocenters. The molecule has 4 aliphatic heterocycles. The van der Waals surface area contributed by atoms with E-state index in [0.717, 1.165) is 0 Å². The van der Waals surface area contributed by atoms with Gasteiger partial charge in [-0.25, -0.2) is 4.79 Å². The van der Waals surface area contributed by atoms with Crippen LogP contribution in [0, 0.1) is 0 Å². The lowest BCUT2D eigenvalue weighted by atomic mass is 9.96. The molecule has 0 aromatic rings. The summed E-state index contributed by atoms with van der Waals surface area (Å²) in [6.45, 7) is 2.07. The lowest BCUT2D eigenvalue weighted by Gasteiger charge is -2.48. The van der Waals surface area contributed by atoms with E-state index in [1.807, 2.05) is 0 Å². The third-order valence-corrected chi connectivity index (χ3v) is 8.07. The first-order chi connectivity index (χ1) is 20.5. The van der Waals surface area contributed by atoms with Crippen molar-refractivity contribution in [2.45, 2.75) is 137 Å². The maximum Gasteiger partial charge on any atom is 0.335 e. The molecule has 4 rings (SSSR count). The molecule has 20 nitrogen and oxygen atoms in total. The van der Waals surface area contributed by atoms with Gasteiger partial charge in [0.2, 0.25) is 0 Å². The Kier molecular flexibility index (Phi) is 11.5. The van der Waals surface area contributed by atoms with Crippen molar-refractivity contribution in [2.75, 3.05) is 6.61 Å². The van der Waals surface area contributed by atoms with Gasteiger partial charge in [0.05, 0.1) is 18.8 Å². The van der Waals surface area contributed by atoms with Crippen molar-refractivity contribution < 1.29 is 99.2 Å². The molecule has 0 amide bonds. The van der Waals surface area contributed by atoms with Gasteiger partial charge in [-0.1, -0.05) is 0 Å². The average molecular weight is 649 g/mol. The second-order valence-electron chi connectivity index (χ2n) is 11.2. The second-order valence-corrected chi connectivity index (χ2v) is 11.2. The van der Waals surface area contributed by atoms with Crippen LogP contribution in [0.25, 0.3) is 0 Å². The molecule has 44 heavy (non-hydrogen) atoms. The van der Waals surface area contributed by atoms with E-state index in [1.165, 1.54) is 13.8 Å². The zero-order chi connectivity index (χ0) is 32.8. The Bertz CT molecular complexity index is 959. The van der Waals surface area contributed by atoms with E-state index < -0.39 is 135 Å². The fourth-order valence-corrected chi connectivity index (χ4v) is 5.32. The number of hydrogen-bond donors (Lipinski definition) is 12. The van der Waals surface area contributed by atoms with Crippen molar-refractivity contribution in [1.82, 2.24) is 0 Å². The van der Waals surface area contributed by atoms with Gasteiger partial charge in [-0.05, 0) is 13.8 Å². The number of aliphatic hydroxyl groups is 11. The Labute approximate surface area is 249 Å². The smallest absolute Gasteiger partial charge is 0.335 e. The summed E-state index contributed by atoms with van der Waals surface area (Å²) in [6, 6.07) is 0. The number of ether oxygens (including phenoxy) is 7. The lowest BCUT2D eigenvalue weighted by Crippen LogP contribution is -2.66. The summed E-state index contributed by atoms with van der Waals surface area (Å²) in [4.78, 5) is 11.5. The molecule has 0 radical (unpaired) electrons. The minimum Gasteiger partial charge on any atom is -0.479 e. The van der Waals surface area contributed by atoms with E-state index in [1.54, 1.807) is 0 Å². The molecule has 0 spiro atoms. The highest BCUT2D eigenvalue weighted by atomic mass is 16.8. The average Bonchev–Trinajstić information content (AvgIpc) is 2.97. The second kappa shape index (κ2) is 14.3. The van der Waals surface area contributed by atoms with Crippen molar-refractivity contribution in [2.24, 2.45) is 0 Å². The molecule has 4 saturated heterocycles. The largest absolute Gasteiger partial charge is 0.479 e. The van der Waals surface area contributed by atoms with Crippen LogP contribution >= 0.6 is 0 Å². The molecule has 12 N–H and O–H groups in total. The third kappa shape index (κ3) is 7.02. The maximum absolute atomic E-state index is 11.5. The van der Waals surface area contributed by atoms with Gasteiger partial charge in [-0.3, -0.25) is 0 Å². The van der Waals surface area contributed by atoms with E-state index in [-0.39, 0.29) is 0 Å². The molecule has 0 saturated carbocycles. The van der Waals surface area contributed by atoms with Gasteiger partial charge < -0.3 is 94.4 Å². The van der Waals surface area contributed by atoms with Gasteiger partial charge in [-0.2, -0.15) is 0 Å². The monoisotopic (exact) mass is 648 g/mol. The first-order valence-electron chi connectivity index (χ1n) is 13.8. The molecular formula is C24H40O20. The highest BCUT2D eigenvalue weighted by molar-refractivity contribution is 5.73. The van der Waals surface area contributed by atoms with Crippen molar-refractivity contribution in [1.29, 1.82) is 0 Å². The van der Waals surface area contributed by atoms with E-state index in [9.17, 15) is 66.1 Å². The van der Waals surface area contributed by atoms with Crippen LogP contribution in [-0.2, 0) is 38.0 Å². The third-order valence-electron chi connectivity index (χ3n) is 8.07. The Morgan fingerprint density at radius 3 is 1.68 bits per heavy atom. The normalized spacial score (nSPS) is 53.8. The fraction of sp³-hybridized carbons (Fsp3) is 0.958. The fourth-order valence-electron chi connectivity index (χ4n) is 5.32. The van der Waals surface area contributed by atoms with Gasteiger partial charge >= 0.3 is 5.97 Å². The molecule has 0 bridgehead atoms. The van der Waals surface area contributed by atoms with E-state index in [4.69, 9.17) is 33.2 Å². The number of hydrogen-bond acceptors (Lipinski definition) is 19. The van der Waals surface area contributed by atoms with Crippen LogP contribution in [-0.4, -0.2) is 197 Å². The molecular weight excluding hydrogens is 608 g/mol. The first kappa shape index (κ1) is 35.6. The minimum atomic E-state index is -2.03. The summed E-state index contributed by atoms with van der Waals surface area (Å²) in [5.41, 5.74) is 0. The predicted octanol–water partition coefficient (Wildman–Crippen LogP) is -7.60. The van der Waals surface area contributed by atoms with Crippen molar-refractivity contribution in [3.63, 3.8) is 0 Å². The molecule has 20 heteroatoms. The summed E-state index contributed by atoms with van der Waals surface area (Å²) in [5.74, 6) is -1.69. The Hall–Kier alpha value is -1.25. The number of aliphatic carboxylic acids is 1. The molecule has 4 aliphatic rings. The van der Waals surface area contributed by atoms with Crippen LogP contribution in [0.4, 0.5) is 0 Å². The molecule has 4 fully saturated rings. The van der Waals surface area contributed by atoms with Crippen LogP contribution in [0.15, 0.2) is 0 Å². The molecule has 0 aromatic carbocycles. The minimum absolute atomic E-state index is 0.641. The lowest BCUT2D eigenvalue weighted by molar-refractivity contribution is -0.384. The summed E-state index contributed by atoms with van der Waals surface area (Å²) in [6.07, 6.45) is -34.6. The summed E-state index contributed by atoms with van der Waals surface area (Å²) < 4.78 is 38.4. The molecule has 4 heterocycles. The Morgan fingerprint density at radius 1 is 0.545 bits per heavy atom. The van der Waals surface area contributed by atoms with E-state index in [2.05, 4.69) is 0 Å². The zero-order valence-corrected chi connectivity index (χ0v) is 23.4. The number of rotatable bonds is 8. The zero-order valence-electron chi connectivity index (χ0n) is 23.4. The van der Waals surface area contributed by atoms with Gasteiger partial charge in [-0.15, -0.1) is 0 Å². The van der Waals surface area contributed by atoms with Crippen LogP contribution in [0.5, 0.6) is 0 Å². The van der Waals surface area contributed by atoms with Gasteiger partial charge in [0.1, 0.15) is 79.4 Å².